The van der Waals surface area contributed by atoms with Crippen molar-refractivity contribution in [2.75, 3.05) is 0 Å². The van der Waals surface area contributed by atoms with Crippen molar-refractivity contribution in [3.05, 3.63) is 11.1 Å². The molecule has 0 atom stereocenters. The van der Waals surface area contributed by atoms with Crippen molar-refractivity contribution in [2.45, 2.75) is 40.5 Å². The van der Waals surface area contributed by atoms with Crippen molar-refractivity contribution in [3.63, 3.8) is 0 Å². The molecule has 0 fully saturated rings. The zero-order chi connectivity index (χ0) is 10.5. The monoisotopic (exact) mass is 182 g/mol. The van der Waals surface area contributed by atoms with Gasteiger partial charge in [-0.3, -0.25) is 4.79 Å². The van der Waals surface area contributed by atoms with Crippen LogP contribution in [0.25, 0.3) is 0 Å². The van der Waals surface area contributed by atoms with E-state index in [9.17, 15) is 9.59 Å². The maximum absolute atomic E-state index is 10.7. The highest BCUT2D eigenvalue weighted by atomic mass is 16.1. The lowest BCUT2D eigenvalue weighted by atomic mass is 9.82. The van der Waals surface area contributed by atoms with Gasteiger partial charge in [0.15, 0.2) is 0 Å². The molecule has 0 aliphatic carbocycles. The first kappa shape index (κ1) is 12.1. The maximum Gasteiger partial charge on any atom is 0.145 e. The molecule has 74 valence electrons. The van der Waals surface area contributed by atoms with E-state index >= 15 is 0 Å². The van der Waals surface area contributed by atoms with E-state index in [2.05, 4.69) is 0 Å². The van der Waals surface area contributed by atoms with Gasteiger partial charge in [-0.1, -0.05) is 19.4 Å². The van der Waals surface area contributed by atoms with Crippen LogP contribution < -0.4 is 0 Å². The van der Waals surface area contributed by atoms with Gasteiger partial charge in [-0.2, -0.15) is 0 Å². The predicted molar refractivity (Wildman–Crippen MR) is 53.5 cm³/mol. The van der Waals surface area contributed by atoms with Gasteiger partial charge < -0.3 is 4.79 Å². The van der Waals surface area contributed by atoms with Crippen molar-refractivity contribution in [1.82, 2.24) is 0 Å². The number of carbonyl (C=O) groups is 2. The highest BCUT2D eigenvalue weighted by Gasteiger charge is 2.19. The van der Waals surface area contributed by atoms with E-state index in [-0.39, 0.29) is 5.41 Å². The second-order valence-corrected chi connectivity index (χ2v) is 4.35. The van der Waals surface area contributed by atoms with Crippen LogP contribution in [-0.2, 0) is 9.59 Å². The second-order valence-electron chi connectivity index (χ2n) is 4.35. The summed E-state index contributed by atoms with van der Waals surface area (Å²) in [6.07, 6.45) is 2.98. The first-order chi connectivity index (χ1) is 5.93. The van der Waals surface area contributed by atoms with E-state index in [1.165, 1.54) is 0 Å². The average molecular weight is 182 g/mol. The minimum Gasteiger partial charge on any atom is -0.303 e. The molecule has 0 heterocycles. The normalized spacial score (nSPS) is 10.8. The summed E-state index contributed by atoms with van der Waals surface area (Å²) in [7, 11) is 0. The molecule has 0 saturated carbocycles. The molecule has 2 nitrogen and oxygen atoms in total. The Morgan fingerprint density at radius 3 is 2.08 bits per heavy atom. The van der Waals surface area contributed by atoms with Crippen molar-refractivity contribution < 1.29 is 9.59 Å². The number of hydrogen-bond donors (Lipinski definition) is 0. The molecular weight excluding hydrogens is 164 g/mol. The number of aldehydes is 2. The van der Waals surface area contributed by atoms with Crippen LogP contribution in [0.4, 0.5) is 0 Å². The van der Waals surface area contributed by atoms with Crippen LogP contribution in [0.1, 0.15) is 40.5 Å². The van der Waals surface area contributed by atoms with E-state index in [0.717, 1.165) is 23.7 Å². The van der Waals surface area contributed by atoms with Crippen LogP contribution in [0.15, 0.2) is 11.1 Å². The number of allylic oxidation sites excluding steroid dienone is 2. The predicted octanol–water partition coefficient (Wildman–Crippen LogP) is 2.53. The van der Waals surface area contributed by atoms with Crippen LogP contribution in [0.3, 0.4) is 0 Å². The Kier molecular flexibility index (Phi) is 4.60. The third kappa shape index (κ3) is 4.61. The fourth-order valence-corrected chi connectivity index (χ4v) is 1.15. The quantitative estimate of drug-likeness (QED) is 0.483. The van der Waals surface area contributed by atoms with E-state index < -0.39 is 0 Å². The van der Waals surface area contributed by atoms with Gasteiger partial charge in [0.1, 0.15) is 12.6 Å². The van der Waals surface area contributed by atoms with Gasteiger partial charge in [-0.25, -0.2) is 0 Å². The van der Waals surface area contributed by atoms with Crippen LogP contribution in [0.2, 0.25) is 0 Å². The highest BCUT2D eigenvalue weighted by molar-refractivity contribution is 5.74. The fourth-order valence-electron chi connectivity index (χ4n) is 1.15. The summed E-state index contributed by atoms with van der Waals surface area (Å²) in [5.74, 6) is 0. The third-order valence-corrected chi connectivity index (χ3v) is 2.09. The Morgan fingerprint density at radius 2 is 1.77 bits per heavy atom. The van der Waals surface area contributed by atoms with Gasteiger partial charge in [-0.05, 0) is 31.3 Å². The summed E-state index contributed by atoms with van der Waals surface area (Å²) in [4.78, 5) is 21.0. The molecule has 0 saturated heterocycles. The summed E-state index contributed by atoms with van der Waals surface area (Å²) >= 11 is 0. The molecule has 0 unspecified atom stereocenters. The van der Waals surface area contributed by atoms with Gasteiger partial charge in [0.25, 0.3) is 0 Å². The summed E-state index contributed by atoms with van der Waals surface area (Å²) in [6.45, 7) is 7.82. The van der Waals surface area contributed by atoms with E-state index in [1.807, 2.05) is 27.7 Å². The van der Waals surface area contributed by atoms with Crippen molar-refractivity contribution in [2.24, 2.45) is 5.41 Å². The van der Waals surface area contributed by atoms with Gasteiger partial charge in [-0.15, -0.1) is 0 Å². The molecule has 0 radical (unpaired) electrons. The zero-order valence-electron chi connectivity index (χ0n) is 8.89. The molecule has 0 spiro atoms. The molecular formula is C11H18O2. The van der Waals surface area contributed by atoms with Crippen LogP contribution >= 0.6 is 0 Å². The maximum atomic E-state index is 10.7. The number of hydrogen-bond acceptors (Lipinski definition) is 2. The van der Waals surface area contributed by atoms with Gasteiger partial charge in [0.2, 0.25) is 0 Å². The molecule has 0 amide bonds. The van der Waals surface area contributed by atoms with E-state index in [1.54, 1.807) is 0 Å². The zero-order valence-corrected chi connectivity index (χ0v) is 8.89. The molecule has 0 aliphatic heterocycles. The van der Waals surface area contributed by atoms with Crippen molar-refractivity contribution >= 4 is 12.6 Å². The summed E-state index contributed by atoms with van der Waals surface area (Å²) < 4.78 is 0. The standard InChI is InChI=1S/C11H18O2/c1-9(2)10(8-13)7-11(3,4)5-6-12/h6,8H,5,7H2,1-4H3. The molecule has 0 N–H and O–H groups in total. The number of carbonyl (C=O) groups excluding carboxylic acids is 2. The van der Waals surface area contributed by atoms with Crippen molar-refractivity contribution in [3.8, 4) is 0 Å². The second kappa shape index (κ2) is 4.95. The van der Waals surface area contributed by atoms with E-state index in [4.69, 9.17) is 0 Å². The summed E-state index contributed by atoms with van der Waals surface area (Å²) in [5.41, 5.74) is 1.75. The van der Waals surface area contributed by atoms with Gasteiger partial charge in [0, 0.05) is 6.42 Å². The number of rotatable bonds is 5. The molecule has 0 aromatic rings. The largest absolute Gasteiger partial charge is 0.303 e. The Hall–Kier alpha value is -0.920. The fraction of sp³-hybridized carbons (Fsp3) is 0.636. The molecule has 0 aromatic carbocycles. The first-order valence-corrected chi connectivity index (χ1v) is 4.48. The lowest BCUT2D eigenvalue weighted by molar-refractivity contribution is -0.110. The smallest absolute Gasteiger partial charge is 0.145 e. The van der Waals surface area contributed by atoms with Crippen molar-refractivity contribution in [1.29, 1.82) is 0 Å². The van der Waals surface area contributed by atoms with Gasteiger partial charge >= 0.3 is 0 Å². The highest BCUT2D eigenvalue weighted by Crippen LogP contribution is 2.28. The minimum atomic E-state index is -0.102. The Morgan fingerprint density at radius 1 is 1.23 bits per heavy atom. The van der Waals surface area contributed by atoms with Crippen LogP contribution in [0.5, 0.6) is 0 Å². The molecule has 0 aliphatic rings. The molecule has 0 bridgehead atoms. The Balaban J connectivity index is 4.49. The lowest BCUT2D eigenvalue weighted by Crippen LogP contribution is -2.14. The van der Waals surface area contributed by atoms with Gasteiger partial charge in [0.05, 0.1) is 0 Å². The molecule has 2 heteroatoms. The molecule has 0 rings (SSSR count). The topological polar surface area (TPSA) is 34.1 Å². The third-order valence-electron chi connectivity index (χ3n) is 2.09. The SMILES string of the molecule is CC(C)=C(C=O)CC(C)(C)CC=O. The Labute approximate surface area is 80.0 Å². The minimum absolute atomic E-state index is 0.102. The lowest BCUT2D eigenvalue weighted by Gasteiger charge is -2.22. The van der Waals surface area contributed by atoms with E-state index in [0.29, 0.717) is 12.8 Å². The average Bonchev–Trinajstić information content (AvgIpc) is 1.99. The van der Waals surface area contributed by atoms with Crippen LogP contribution in [-0.4, -0.2) is 12.6 Å². The summed E-state index contributed by atoms with van der Waals surface area (Å²) in [6, 6.07) is 0. The molecule has 13 heavy (non-hydrogen) atoms. The Bertz CT molecular complexity index is 220. The summed E-state index contributed by atoms with van der Waals surface area (Å²) in [5, 5.41) is 0. The molecule has 0 aromatic heterocycles. The van der Waals surface area contributed by atoms with Crippen LogP contribution in [0, 0.1) is 5.41 Å². The first-order valence-electron chi connectivity index (χ1n) is 4.48.